The molecule has 0 N–H and O–H groups in total. The van der Waals surface area contributed by atoms with Crippen LogP contribution in [0.1, 0.15) is 0 Å². The largest absolute Gasteiger partial charge is 0.456 e. The van der Waals surface area contributed by atoms with Crippen molar-refractivity contribution >= 4 is 21.8 Å². The van der Waals surface area contributed by atoms with E-state index in [0.717, 1.165) is 50.9 Å². The molecule has 1 aliphatic rings. The second-order valence-corrected chi connectivity index (χ2v) is 9.74. The molecule has 0 fully saturated rings. The summed E-state index contributed by atoms with van der Waals surface area (Å²) in [4.78, 5) is 0. The SMILES string of the molecule is c1ccc2c(c1)Oc1ccccc1-c1cc(-n3c4ccccc4c4ccccc43)ccc1Oc1ccccc1-2. The van der Waals surface area contributed by atoms with E-state index in [4.69, 9.17) is 9.47 Å². The normalized spacial score (nSPS) is 12.0. The van der Waals surface area contributed by atoms with E-state index in [1.807, 2.05) is 54.6 Å². The molecule has 3 heteroatoms. The second kappa shape index (κ2) is 8.64. The van der Waals surface area contributed by atoms with Crippen LogP contribution in [-0.4, -0.2) is 4.57 Å². The monoisotopic (exact) mass is 501 g/mol. The van der Waals surface area contributed by atoms with Crippen LogP contribution in [0.25, 0.3) is 49.7 Å². The summed E-state index contributed by atoms with van der Waals surface area (Å²) in [6, 6.07) is 48.0. The minimum absolute atomic E-state index is 0.780. The summed E-state index contributed by atoms with van der Waals surface area (Å²) in [6.45, 7) is 0. The highest BCUT2D eigenvalue weighted by atomic mass is 16.5. The molecule has 184 valence electrons. The van der Waals surface area contributed by atoms with Crippen LogP contribution in [0.15, 0.2) is 140 Å². The highest BCUT2D eigenvalue weighted by Crippen LogP contribution is 2.47. The first kappa shape index (κ1) is 21.8. The molecule has 2 heterocycles. The molecular weight excluding hydrogens is 478 g/mol. The van der Waals surface area contributed by atoms with Crippen molar-refractivity contribution in [1.29, 1.82) is 0 Å². The van der Waals surface area contributed by atoms with Crippen LogP contribution in [0.5, 0.6) is 23.0 Å². The quantitative estimate of drug-likeness (QED) is 0.223. The van der Waals surface area contributed by atoms with Gasteiger partial charge in [-0.15, -0.1) is 0 Å². The molecule has 6 aromatic carbocycles. The molecule has 0 saturated heterocycles. The Morgan fingerprint density at radius 2 is 0.769 bits per heavy atom. The predicted octanol–water partition coefficient (Wildman–Crippen LogP) is 10.0. The summed E-state index contributed by atoms with van der Waals surface area (Å²) in [5.74, 6) is 3.15. The Labute approximate surface area is 226 Å². The van der Waals surface area contributed by atoms with Gasteiger partial charge in [-0.2, -0.15) is 0 Å². The van der Waals surface area contributed by atoms with Gasteiger partial charge in [-0.3, -0.25) is 0 Å². The summed E-state index contributed by atoms with van der Waals surface area (Å²) < 4.78 is 15.7. The van der Waals surface area contributed by atoms with E-state index in [-0.39, 0.29) is 0 Å². The van der Waals surface area contributed by atoms with Gasteiger partial charge in [-0.05, 0) is 48.5 Å². The molecule has 8 rings (SSSR count). The molecule has 0 radical (unpaired) electrons. The predicted molar refractivity (Wildman–Crippen MR) is 158 cm³/mol. The molecule has 1 aromatic heterocycles. The average Bonchev–Trinajstić information content (AvgIpc) is 3.33. The van der Waals surface area contributed by atoms with Gasteiger partial charge in [0, 0.05) is 38.7 Å². The maximum atomic E-state index is 6.71. The molecule has 39 heavy (non-hydrogen) atoms. The molecule has 0 amide bonds. The molecule has 0 bridgehead atoms. The zero-order valence-electron chi connectivity index (χ0n) is 21.0. The van der Waals surface area contributed by atoms with E-state index in [0.29, 0.717) is 0 Å². The minimum Gasteiger partial charge on any atom is -0.456 e. The van der Waals surface area contributed by atoms with Crippen LogP contribution in [0.2, 0.25) is 0 Å². The van der Waals surface area contributed by atoms with Crippen LogP contribution < -0.4 is 9.47 Å². The lowest BCUT2D eigenvalue weighted by Gasteiger charge is -2.22. The number of ether oxygens (including phenoxy) is 2. The van der Waals surface area contributed by atoms with Crippen molar-refractivity contribution < 1.29 is 9.47 Å². The lowest BCUT2D eigenvalue weighted by molar-refractivity contribution is 0.472. The Balaban J connectivity index is 1.41. The Bertz CT molecular complexity index is 1980. The molecule has 0 spiro atoms. The van der Waals surface area contributed by atoms with Crippen LogP contribution in [0.4, 0.5) is 0 Å². The van der Waals surface area contributed by atoms with Gasteiger partial charge < -0.3 is 14.0 Å². The number of benzene rings is 6. The highest BCUT2D eigenvalue weighted by Gasteiger charge is 2.21. The van der Waals surface area contributed by atoms with E-state index in [9.17, 15) is 0 Å². The molecule has 1 aliphatic heterocycles. The summed E-state index contributed by atoms with van der Waals surface area (Å²) in [7, 11) is 0. The summed E-state index contributed by atoms with van der Waals surface area (Å²) >= 11 is 0. The molecular formula is C36H23NO2. The van der Waals surface area contributed by atoms with Gasteiger partial charge in [0.1, 0.15) is 23.0 Å². The fraction of sp³-hybridized carbons (Fsp3) is 0. The summed E-state index contributed by atoms with van der Waals surface area (Å²) in [5.41, 5.74) is 7.34. The smallest absolute Gasteiger partial charge is 0.135 e. The third-order valence-electron chi connectivity index (χ3n) is 7.48. The zero-order valence-corrected chi connectivity index (χ0v) is 21.0. The zero-order chi connectivity index (χ0) is 25.8. The number of aromatic nitrogens is 1. The number of para-hydroxylation sites is 5. The van der Waals surface area contributed by atoms with Gasteiger partial charge in [0.25, 0.3) is 0 Å². The molecule has 0 atom stereocenters. The Morgan fingerprint density at radius 3 is 1.31 bits per heavy atom. The van der Waals surface area contributed by atoms with Gasteiger partial charge >= 0.3 is 0 Å². The number of nitrogens with zero attached hydrogens (tertiary/aromatic N) is 1. The van der Waals surface area contributed by atoms with Crippen LogP contribution >= 0.6 is 0 Å². The molecule has 7 aromatic rings. The first-order valence-corrected chi connectivity index (χ1v) is 13.1. The topological polar surface area (TPSA) is 23.4 Å². The Kier molecular flexibility index (Phi) is 4.82. The van der Waals surface area contributed by atoms with E-state index >= 15 is 0 Å². The fourth-order valence-electron chi connectivity index (χ4n) is 5.73. The van der Waals surface area contributed by atoms with Crippen molar-refractivity contribution in [3.8, 4) is 50.9 Å². The van der Waals surface area contributed by atoms with Crippen LogP contribution in [-0.2, 0) is 0 Å². The second-order valence-electron chi connectivity index (χ2n) is 9.74. The van der Waals surface area contributed by atoms with Gasteiger partial charge in [0.05, 0.1) is 11.0 Å². The summed E-state index contributed by atoms with van der Waals surface area (Å²) in [5, 5.41) is 2.47. The van der Waals surface area contributed by atoms with Crippen LogP contribution in [0, 0.1) is 0 Å². The van der Waals surface area contributed by atoms with Crippen molar-refractivity contribution in [2.45, 2.75) is 0 Å². The Morgan fingerprint density at radius 1 is 0.359 bits per heavy atom. The standard InChI is InChI=1S/C36H23NO2/c1-6-16-31-25(11-1)26-12-2-7-17-32(26)37(31)24-21-22-36-30(23-24)29-15-5-10-20-35(29)38-33-18-8-3-13-27(33)28-14-4-9-19-34(28)39-36/h1-23H. The molecule has 0 aliphatic carbocycles. The first-order valence-electron chi connectivity index (χ1n) is 13.1. The van der Waals surface area contributed by atoms with Gasteiger partial charge in [0.2, 0.25) is 0 Å². The van der Waals surface area contributed by atoms with E-state index in [1.54, 1.807) is 0 Å². The molecule has 0 saturated carbocycles. The van der Waals surface area contributed by atoms with Crippen molar-refractivity contribution in [2.75, 3.05) is 0 Å². The third kappa shape index (κ3) is 3.44. The number of hydrogen-bond donors (Lipinski definition) is 0. The van der Waals surface area contributed by atoms with Crippen molar-refractivity contribution in [2.24, 2.45) is 0 Å². The lowest BCUT2D eigenvalue weighted by atomic mass is 10.00. The number of rotatable bonds is 1. The average molecular weight is 502 g/mol. The summed E-state index contributed by atoms with van der Waals surface area (Å²) in [6.07, 6.45) is 0. The van der Waals surface area contributed by atoms with Crippen molar-refractivity contribution in [1.82, 2.24) is 4.57 Å². The van der Waals surface area contributed by atoms with Gasteiger partial charge in [0.15, 0.2) is 0 Å². The van der Waals surface area contributed by atoms with Crippen molar-refractivity contribution in [3.05, 3.63) is 140 Å². The first-order chi connectivity index (χ1) is 19.3. The Hall–Kier alpha value is -5.28. The lowest BCUT2D eigenvalue weighted by Crippen LogP contribution is -1.99. The third-order valence-corrected chi connectivity index (χ3v) is 7.48. The van der Waals surface area contributed by atoms with Gasteiger partial charge in [-0.25, -0.2) is 0 Å². The number of fused-ring (bicyclic) bond motifs is 9. The highest BCUT2D eigenvalue weighted by molar-refractivity contribution is 6.09. The van der Waals surface area contributed by atoms with Gasteiger partial charge in [-0.1, -0.05) is 91.0 Å². The fourth-order valence-corrected chi connectivity index (χ4v) is 5.73. The molecule has 0 unspecified atom stereocenters. The van der Waals surface area contributed by atoms with E-state index in [1.165, 1.54) is 21.8 Å². The molecule has 3 nitrogen and oxygen atoms in total. The van der Waals surface area contributed by atoms with E-state index < -0.39 is 0 Å². The number of hydrogen-bond acceptors (Lipinski definition) is 2. The maximum Gasteiger partial charge on any atom is 0.135 e. The van der Waals surface area contributed by atoms with E-state index in [2.05, 4.69) is 89.5 Å². The maximum absolute atomic E-state index is 6.71. The van der Waals surface area contributed by atoms with Crippen LogP contribution in [0.3, 0.4) is 0 Å². The van der Waals surface area contributed by atoms with Crippen molar-refractivity contribution in [3.63, 3.8) is 0 Å². The minimum atomic E-state index is 0.780.